The maximum Gasteiger partial charge on any atom is 0.0991 e. The van der Waals surface area contributed by atoms with E-state index in [1.165, 1.54) is 0 Å². The second-order valence-electron chi connectivity index (χ2n) is 3.10. The van der Waals surface area contributed by atoms with Gasteiger partial charge in [-0.15, -0.1) is 6.42 Å². The van der Waals surface area contributed by atoms with E-state index in [9.17, 15) is 0 Å². The molecule has 1 aromatic rings. The maximum absolute atomic E-state index is 9.01. The van der Waals surface area contributed by atoms with Crippen molar-refractivity contribution < 1.29 is 5.11 Å². The Morgan fingerprint density at radius 3 is 2.40 bits per heavy atom. The van der Waals surface area contributed by atoms with E-state index in [0.717, 1.165) is 11.1 Å². The lowest BCUT2D eigenvalue weighted by atomic mass is 10.0. The molecule has 0 unspecified atom stereocenters. The van der Waals surface area contributed by atoms with Crippen molar-refractivity contribution in [1.82, 2.24) is 0 Å². The Hall–Kier alpha value is -2.03. The first-order valence-corrected chi connectivity index (χ1v) is 4.50. The van der Waals surface area contributed by atoms with E-state index in [4.69, 9.17) is 16.8 Å². The van der Waals surface area contributed by atoms with Gasteiger partial charge in [0.05, 0.1) is 18.2 Å². The van der Waals surface area contributed by atoms with Crippen molar-refractivity contribution in [2.24, 2.45) is 0 Å². The first kappa shape index (κ1) is 11.0. The number of aliphatic hydroxyl groups excluding tert-OH is 1. The Balaban J connectivity index is 3.14. The van der Waals surface area contributed by atoms with Crippen molar-refractivity contribution in [3.8, 4) is 18.4 Å². The first-order chi connectivity index (χ1) is 7.22. The molecule has 0 saturated carbocycles. The molecule has 0 aliphatic rings. The summed E-state index contributed by atoms with van der Waals surface area (Å²) in [4.78, 5) is 0. The lowest BCUT2D eigenvalue weighted by Crippen LogP contribution is -1.92. The molecule has 0 heterocycles. The lowest BCUT2D eigenvalue weighted by molar-refractivity contribution is 0.336. The third kappa shape index (κ3) is 2.47. The van der Waals surface area contributed by atoms with Crippen LogP contribution in [0.2, 0.25) is 0 Å². The summed E-state index contributed by atoms with van der Waals surface area (Å²) in [5.41, 5.74) is 2.97. The molecule has 0 bridgehead atoms. The number of hydrogen-bond acceptors (Lipinski definition) is 2. The summed E-state index contributed by atoms with van der Waals surface area (Å²) in [5, 5.41) is 17.6. The highest BCUT2D eigenvalue weighted by molar-refractivity contribution is 5.71. The molecule has 0 aliphatic carbocycles. The topological polar surface area (TPSA) is 44.0 Å². The summed E-state index contributed by atoms with van der Waals surface area (Å²) in [7, 11) is 0. The van der Waals surface area contributed by atoms with Gasteiger partial charge in [0.1, 0.15) is 0 Å². The van der Waals surface area contributed by atoms with Crippen molar-refractivity contribution in [3.05, 3.63) is 41.0 Å². The van der Waals surface area contributed by atoms with E-state index >= 15 is 0 Å². The molecule has 0 spiro atoms. The molecule has 0 amide bonds. The summed E-state index contributed by atoms with van der Waals surface area (Å²) < 4.78 is 0. The van der Waals surface area contributed by atoms with Gasteiger partial charge in [-0.25, -0.2) is 0 Å². The maximum atomic E-state index is 9.01. The van der Waals surface area contributed by atoms with E-state index in [1.807, 2.05) is 25.1 Å². The standard InChI is InChI=1S/C13H11NO/c1-3-12(9-15)10(2)13-6-4-11(8-14)5-7-13/h1,4-7,15H,9H2,2H3/b12-10+. The number of nitrogens with zero attached hydrogens (tertiary/aromatic N) is 1. The van der Waals surface area contributed by atoms with Crippen LogP contribution in [-0.4, -0.2) is 11.7 Å². The Labute approximate surface area is 89.5 Å². The number of rotatable bonds is 2. The lowest BCUT2D eigenvalue weighted by Gasteiger charge is -2.04. The van der Waals surface area contributed by atoms with Crippen LogP contribution in [-0.2, 0) is 0 Å². The minimum Gasteiger partial charge on any atom is -0.391 e. The van der Waals surface area contributed by atoms with Gasteiger partial charge in [-0.05, 0) is 30.2 Å². The second kappa shape index (κ2) is 5.00. The van der Waals surface area contributed by atoms with Gasteiger partial charge in [0.15, 0.2) is 0 Å². The molecule has 74 valence electrons. The van der Waals surface area contributed by atoms with Crippen LogP contribution in [0.5, 0.6) is 0 Å². The highest BCUT2D eigenvalue weighted by Gasteiger charge is 2.01. The fourth-order valence-electron chi connectivity index (χ4n) is 1.24. The number of aliphatic hydroxyl groups is 1. The van der Waals surface area contributed by atoms with Gasteiger partial charge in [0.2, 0.25) is 0 Å². The van der Waals surface area contributed by atoms with Crippen molar-refractivity contribution >= 4 is 5.57 Å². The zero-order valence-corrected chi connectivity index (χ0v) is 8.49. The molecular weight excluding hydrogens is 186 g/mol. The number of terminal acetylenes is 1. The molecule has 0 aromatic heterocycles. The summed E-state index contributed by atoms with van der Waals surface area (Å²) in [6.07, 6.45) is 5.26. The minimum absolute atomic E-state index is 0.137. The highest BCUT2D eigenvalue weighted by atomic mass is 16.3. The van der Waals surface area contributed by atoms with Gasteiger partial charge < -0.3 is 5.11 Å². The van der Waals surface area contributed by atoms with Crippen LogP contribution >= 0.6 is 0 Å². The van der Waals surface area contributed by atoms with Crippen LogP contribution in [0.3, 0.4) is 0 Å². The minimum atomic E-state index is -0.137. The van der Waals surface area contributed by atoms with Crippen LogP contribution in [0.25, 0.3) is 5.57 Å². The molecule has 0 fully saturated rings. The highest BCUT2D eigenvalue weighted by Crippen LogP contribution is 2.18. The van der Waals surface area contributed by atoms with Crippen molar-refractivity contribution in [1.29, 1.82) is 5.26 Å². The summed E-state index contributed by atoms with van der Waals surface area (Å²) in [6.45, 7) is 1.72. The Morgan fingerprint density at radius 1 is 1.40 bits per heavy atom. The van der Waals surface area contributed by atoms with E-state index in [-0.39, 0.29) is 6.61 Å². The van der Waals surface area contributed by atoms with Gasteiger partial charge in [0.25, 0.3) is 0 Å². The molecule has 2 nitrogen and oxygen atoms in total. The molecule has 2 heteroatoms. The normalized spacial score (nSPS) is 11.2. The molecule has 1 aromatic carbocycles. The van der Waals surface area contributed by atoms with E-state index in [2.05, 4.69) is 5.92 Å². The zero-order chi connectivity index (χ0) is 11.3. The Kier molecular flexibility index (Phi) is 3.68. The quantitative estimate of drug-likeness (QED) is 0.736. The monoisotopic (exact) mass is 197 g/mol. The molecule has 0 aliphatic heterocycles. The molecule has 1 N–H and O–H groups in total. The summed E-state index contributed by atoms with van der Waals surface area (Å²) in [5.74, 6) is 2.44. The Bertz CT molecular complexity index is 455. The van der Waals surface area contributed by atoms with Gasteiger partial charge in [-0.3, -0.25) is 0 Å². The first-order valence-electron chi connectivity index (χ1n) is 4.50. The summed E-state index contributed by atoms with van der Waals surface area (Å²) in [6, 6.07) is 9.14. The van der Waals surface area contributed by atoms with Gasteiger partial charge >= 0.3 is 0 Å². The van der Waals surface area contributed by atoms with Crippen molar-refractivity contribution in [3.63, 3.8) is 0 Å². The van der Waals surface area contributed by atoms with Crippen LogP contribution in [0.15, 0.2) is 29.8 Å². The fraction of sp³-hybridized carbons (Fsp3) is 0.154. The third-order valence-electron chi connectivity index (χ3n) is 2.23. The number of nitriles is 1. The van der Waals surface area contributed by atoms with Crippen LogP contribution in [0.1, 0.15) is 18.1 Å². The molecule has 0 radical (unpaired) electrons. The molecular formula is C13H11NO. The third-order valence-corrected chi connectivity index (χ3v) is 2.23. The second-order valence-corrected chi connectivity index (χ2v) is 3.10. The fourth-order valence-corrected chi connectivity index (χ4v) is 1.24. The summed E-state index contributed by atoms with van der Waals surface area (Å²) >= 11 is 0. The molecule has 0 atom stereocenters. The SMILES string of the molecule is C#C/C(CO)=C(/C)c1ccc(C#N)cc1. The average Bonchev–Trinajstić information content (AvgIpc) is 2.30. The van der Waals surface area contributed by atoms with Crippen LogP contribution in [0.4, 0.5) is 0 Å². The van der Waals surface area contributed by atoms with E-state index in [0.29, 0.717) is 11.1 Å². The Morgan fingerprint density at radius 2 is 2.00 bits per heavy atom. The van der Waals surface area contributed by atoms with Gasteiger partial charge in [-0.2, -0.15) is 5.26 Å². The van der Waals surface area contributed by atoms with Crippen molar-refractivity contribution in [2.75, 3.05) is 6.61 Å². The number of allylic oxidation sites excluding steroid dienone is 1. The molecule has 0 saturated heterocycles. The molecule has 1 rings (SSSR count). The van der Waals surface area contributed by atoms with Crippen LogP contribution < -0.4 is 0 Å². The number of hydrogen-bond donors (Lipinski definition) is 1. The van der Waals surface area contributed by atoms with Gasteiger partial charge in [-0.1, -0.05) is 18.1 Å². The van der Waals surface area contributed by atoms with Crippen LogP contribution in [0, 0.1) is 23.7 Å². The predicted molar refractivity (Wildman–Crippen MR) is 59.7 cm³/mol. The van der Waals surface area contributed by atoms with E-state index < -0.39 is 0 Å². The van der Waals surface area contributed by atoms with Crippen molar-refractivity contribution in [2.45, 2.75) is 6.92 Å². The predicted octanol–water partition coefficient (Wildman–Crippen LogP) is 1.96. The molecule has 15 heavy (non-hydrogen) atoms. The van der Waals surface area contributed by atoms with Gasteiger partial charge in [0, 0.05) is 5.57 Å². The zero-order valence-electron chi connectivity index (χ0n) is 8.49. The average molecular weight is 197 g/mol. The van der Waals surface area contributed by atoms with E-state index in [1.54, 1.807) is 12.1 Å². The smallest absolute Gasteiger partial charge is 0.0991 e. The largest absolute Gasteiger partial charge is 0.391 e. The number of benzene rings is 1.